The van der Waals surface area contributed by atoms with Gasteiger partial charge in [-0.2, -0.15) is 0 Å². The second kappa shape index (κ2) is 7.72. The minimum absolute atomic E-state index is 0.269. The third kappa shape index (κ3) is 4.27. The Labute approximate surface area is 126 Å². The number of benzene rings is 1. The second-order valence-electron chi connectivity index (χ2n) is 5.70. The monoisotopic (exact) mass is 291 g/mol. The molecule has 110 valence electrons. The van der Waals surface area contributed by atoms with Crippen molar-refractivity contribution < 1.29 is 4.79 Å². The summed E-state index contributed by atoms with van der Waals surface area (Å²) in [6.07, 6.45) is 7.56. The number of aryl methyl sites for hydroxylation is 1. The van der Waals surface area contributed by atoms with Gasteiger partial charge >= 0.3 is 0 Å². The van der Waals surface area contributed by atoms with E-state index in [1.807, 2.05) is 24.1 Å². The molecular weight excluding hydrogens is 266 g/mol. The van der Waals surface area contributed by atoms with E-state index in [0.29, 0.717) is 11.8 Å². The molecule has 20 heavy (non-hydrogen) atoms. The van der Waals surface area contributed by atoms with Crippen molar-refractivity contribution in [1.82, 2.24) is 4.90 Å². The van der Waals surface area contributed by atoms with Gasteiger partial charge in [0.2, 0.25) is 5.91 Å². The van der Waals surface area contributed by atoms with Gasteiger partial charge in [0, 0.05) is 18.0 Å². The number of rotatable bonds is 4. The number of nitrogens with zero attached hydrogens (tertiary/aromatic N) is 1. The quantitative estimate of drug-likeness (QED) is 0.610. The largest absolute Gasteiger partial charge is 0.342 e. The zero-order valence-corrected chi connectivity index (χ0v) is 13.4. The minimum atomic E-state index is 0.269. The highest BCUT2D eigenvalue weighted by Gasteiger charge is 2.21. The number of carbonyl (C=O) groups is 1. The first kappa shape index (κ1) is 15.4. The molecule has 0 N–H and O–H groups in total. The molecule has 0 spiro atoms. The number of carbonyl (C=O) groups excluding carboxylic acids is 1. The molecular formula is C17H25NOS. The molecule has 0 aliphatic heterocycles. The van der Waals surface area contributed by atoms with Gasteiger partial charge in [0.05, 0.1) is 5.75 Å². The molecule has 0 bridgehead atoms. The van der Waals surface area contributed by atoms with Gasteiger partial charge in [-0.15, -0.1) is 11.8 Å². The normalized spacial score (nSPS) is 16.7. The van der Waals surface area contributed by atoms with Crippen LogP contribution in [0.3, 0.4) is 0 Å². The molecule has 1 fully saturated rings. The maximum atomic E-state index is 12.3. The lowest BCUT2D eigenvalue weighted by atomic mass is 10.1. The van der Waals surface area contributed by atoms with Gasteiger partial charge in [0.25, 0.3) is 0 Å². The Morgan fingerprint density at radius 3 is 2.50 bits per heavy atom. The summed E-state index contributed by atoms with van der Waals surface area (Å²) in [5, 5.41) is 0. The maximum Gasteiger partial charge on any atom is 0.232 e. The van der Waals surface area contributed by atoms with Crippen LogP contribution in [0.2, 0.25) is 0 Å². The van der Waals surface area contributed by atoms with Crippen LogP contribution in [0.5, 0.6) is 0 Å². The molecule has 0 radical (unpaired) electrons. The minimum Gasteiger partial charge on any atom is -0.342 e. The molecule has 3 heteroatoms. The van der Waals surface area contributed by atoms with Crippen LogP contribution >= 0.6 is 11.8 Å². The van der Waals surface area contributed by atoms with Crippen LogP contribution in [0.25, 0.3) is 0 Å². The van der Waals surface area contributed by atoms with Crippen LogP contribution in [0.1, 0.15) is 44.1 Å². The number of amides is 1. The van der Waals surface area contributed by atoms with Crippen molar-refractivity contribution in [2.45, 2.75) is 56.4 Å². The van der Waals surface area contributed by atoms with Gasteiger partial charge in [-0.05, 0) is 31.4 Å². The number of thioether (sulfide) groups is 1. The van der Waals surface area contributed by atoms with E-state index in [1.54, 1.807) is 11.8 Å². The van der Waals surface area contributed by atoms with E-state index in [4.69, 9.17) is 0 Å². The fraction of sp³-hybridized carbons (Fsp3) is 0.588. The van der Waals surface area contributed by atoms with Gasteiger partial charge in [0.15, 0.2) is 0 Å². The van der Waals surface area contributed by atoms with Gasteiger partial charge < -0.3 is 4.90 Å². The Hall–Kier alpha value is -0.960. The first-order chi connectivity index (χ1) is 9.68. The summed E-state index contributed by atoms with van der Waals surface area (Å²) in [5.41, 5.74) is 1.25. The molecule has 0 heterocycles. The Morgan fingerprint density at radius 2 is 1.85 bits per heavy atom. The van der Waals surface area contributed by atoms with Crippen molar-refractivity contribution in [1.29, 1.82) is 0 Å². The molecule has 0 unspecified atom stereocenters. The highest BCUT2D eigenvalue weighted by Crippen LogP contribution is 2.24. The highest BCUT2D eigenvalue weighted by molar-refractivity contribution is 8.00. The summed E-state index contributed by atoms with van der Waals surface area (Å²) in [6, 6.07) is 8.73. The first-order valence-corrected chi connectivity index (χ1v) is 8.61. The average molecular weight is 291 g/mol. The Balaban J connectivity index is 1.86. The van der Waals surface area contributed by atoms with E-state index in [2.05, 4.69) is 19.1 Å². The third-order valence-corrected chi connectivity index (χ3v) is 5.37. The average Bonchev–Trinajstić information content (AvgIpc) is 2.74. The van der Waals surface area contributed by atoms with Crippen molar-refractivity contribution >= 4 is 17.7 Å². The van der Waals surface area contributed by atoms with Crippen molar-refractivity contribution in [2.24, 2.45) is 0 Å². The van der Waals surface area contributed by atoms with E-state index in [1.165, 1.54) is 49.0 Å². The predicted molar refractivity (Wildman–Crippen MR) is 86.2 cm³/mol. The molecule has 1 aliphatic carbocycles. The van der Waals surface area contributed by atoms with Crippen molar-refractivity contribution in [2.75, 3.05) is 12.8 Å². The highest BCUT2D eigenvalue weighted by atomic mass is 32.2. The van der Waals surface area contributed by atoms with Crippen molar-refractivity contribution in [3.05, 3.63) is 29.8 Å². The molecule has 1 aliphatic rings. The fourth-order valence-electron chi connectivity index (χ4n) is 2.81. The topological polar surface area (TPSA) is 20.3 Å². The molecule has 1 saturated carbocycles. The molecule has 1 aromatic rings. The van der Waals surface area contributed by atoms with Crippen LogP contribution in [0, 0.1) is 6.92 Å². The molecule has 1 aromatic carbocycles. The van der Waals surface area contributed by atoms with Crippen LogP contribution in [0.4, 0.5) is 0 Å². The molecule has 2 nitrogen and oxygen atoms in total. The smallest absolute Gasteiger partial charge is 0.232 e. The predicted octanol–water partition coefficient (Wildman–Crippen LogP) is 4.27. The molecule has 0 aromatic heterocycles. The Morgan fingerprint density at radius 1 is 1.20 bits per heavy atom. The maximum absolute atomic E-state index is 12.3. The summed E-state index contributed by atoms with van der Waals surface area (Å²) >= 11 is 1.66. The molecule has 0 atom stereocenters. The Kier molecular flexibility index (Phi) is 5.96. The zero-order valence-electron chi connectivity index (χ0n) is 12.6. The molecule has 0 saturated heterocycles. The third-order valence-electron chi connectivity index (χ3n) is 4.21. The van der Waals surface area contributed by atoms with Gasteiger partial charge in [0.1, 0.15) is 0 Å². The summed E-state index contributed by atoms with van der Waals surface area (Å²) in [7, 11) is 1.98. The Bertz CT molecular complexity index is 438. The van der Waals surface area contributed by atoms with Crippen LogP contribution in [0.15, 0.2) is 29.2 Å². The number of hydrogen-bond donors (Lipinski definition) is 0. The zero-order chi connectivity index (χ0) is 14.4. The second-order valence-corrected chi connectivity index (χ2v) is 6.72. The standard InChI is InChI=1S/C17H25NOS/c1-14-9-7-8-12-16(14)20-13-17(19)18(2)15-10-5-3-4-6-11-15/h7-9,12,15H,3-6,10-11,13H2,1-2H3. The SMILES string of the molecule is Cc1ccccc1SCC(=O)N(C)C1CCCCCC1. The van der Waals surface area contributed by atoms with Crippen LogP contribution in [-0.2, 0) is 4.79 Å². The number of hydrogen-bond acceptors (Lipinski definition) is 2. The van der Waals surface area contributed by atoms with E-state index >= 15 is 0 Å². The first-order valence-electron chi connectivity index (χ1n) is 7.62. The van der Waals surface area contributed by atoms with E-state index in [-0.39, 0.29) is 5.91 Å². The molecule has 1 amide bonds. The van der Waals surface area contributed by atoms with E-state index in [9.17, 15) is 4.79 Å². The lowest BCUT2D eigenvalue weighted by Gasteiger charge is -2.27. The van der Waals surface area contributed by atoms with Crippen LogP contribution in [-0.4, -0.2) is 29.6 Å². The summed E-state index contributed by atoms with van der Waals surface area (Å²) in [5.74, 6) is 0.822. The lowest BCUT2D eigenvalue weighted by Crippen LogP contribution is -2.37. The summed E-state index contributed by atoms with van der Waals surface area (Å²) < 4.78 is 0. The molecule has 2 rings (SSSR count). The van der Waals surface area contributed by atoms with E-state index < -0.39 is 0 Å². The van der Waals surface area contributed by atoms with Crippen molar-refractivity contribution in [3.63, 3.8) is 0 Å². The van der Waals surface area contributed by atoms with Crippen LogP contribution < -0.4 is 0 Å². The lowest BCUT2D eigenvalue weighted by molar-refractivity contribution is -0.129. The summed E-state index contributed by atoms with van der Waals surface area (Å²) in [6.45, 7) is 2.10. The van der Waals surface area contributed by atoms with Gasteiger partial charge in [-0.3, -0.25) is 4.79 Å². The van der Waals surface area contributed by atoms with Crippen molar-refractivity contribution in [3.8, 4) is 0 Å². The summed E-state index contributed by atoms with van der Waals surface area (Å²) in [4.78, 5) is 15.6. The fourth-order valence-corrected chi connectivity index (χ4v) is 3.76. The van der Waals surface area contributed by atoms with Gasteiger partial charge in [-0.25, -0.2) is 0 Å². The van der Waals surface area contributed by atoms with Gasteiger partial charge in [-0.1, -0.05) is 43.9 Å². The van der Waals surface area contributed by atoms with E-state index in [0.717, 1.165) is 0 Å².